The third kappa shape index (κ3) is 2.29. The third-order valence-electron chi connectivity index (χ3n) is 1.75. The Hall–Kier alpha value is -0.0700. The fraction of sp³-hybridized carbons (Fsp3) is 0.375. The molecular weight excluding hydrogens is 324 g/mol. The molecule has 1 aromatic heterocycles. The van der Waals surface area contributed by atoms with Crippen LogP contribution in [0.1, 0.15) is 23.2 Å². The van der Waals surface area contributed by atoms with Crippen LogP contribution in [-0.4, -0.2) is 10.1 Å². The molecule has 78 valence electrons. The van der Waals surface area contributed by atoms with Crippen LogP contribution in [0.5, 0.6) is 0 Å². The van der Waals surface area contributed by atoms with Crippen molar-refractivity contribution in [3.05, 3.63) is 27.5 Å². The maximum Gasteiger partial charge on any atom is 0.266 e. The fourth-order valence-electron chi connectivity index (χ4n) is 1.01. The van der Waals surface area contributed by atoms with E-state index in [0.717, 1.165) is 6.20 Å². The molecule has 6 heteroatoms. The molecular formula is C8H7Br2F2NO. The van der Waals surface area contributed by atoms with Crippen molar-refractivity contribution < 1.29 is 13.9 Å². The van der Waals surface area contributed by atoms with Crippen molar-refractivity contribution in [3.8, 4) is 0 Å². The van der Waals surface area contributed by atoms with Gasteiger partial charge in [-0.1, -0.05) is 15.9 Å². The topological polar surface area (TPSA) is 33.1 Å². The lowest BCUT2D eigenvalue weighted by atomic mass is 10.1. The van der Waals surface area contributed by atoms with Crippen molar-refractivity contribution >= 4 is 31.9 Å². The monoisotopic (exact) mass is 329 g/mol. The number of hydrogen-bond acceptors (Lipinski definition) is 2. The van der Waals surface area contributed by atoms with Crippen molar-refractivity contribution in [2.45, 2.75) is 18.4 Å². The van der Waals surface area contributed by atoms with Gasteiger partial charge in [-0.3, -0.25) is 4.98 Å². The number of halogens is 4. The quantitative estimate of drug-likeness (QED) is 0.863. The van der Waals surface area contributed by atoms with Crippen LogP contribution in [0.4, 0.5) is 8.78 Å². The van der Waals surface area contributed by atoms with Crippen molar-refractivity contribution in [3.63, 3.8) is 0 Å². The van der Waals surface area contributed by atoms with Gasteiger partial charge in [-0.15, -0.1) is 0 Å². The van der Waals surface area contributed by atoms with Crippen molar-refractivity contribution in [2.75, 3.05) is 0 Å². The van der Waals surface area contributed by atoms with Crippen LogP contribution >= 0.6 is 31.9 Å². The Bertz CT molecular complexity index is 333. The number of aliphatic hydroxyl groups is 1. The van der Waals surface area contributed by atoms with Gasteiger partial charge in [-0.05, 0) is 15.9 Å². The molecule has 0 fully saturated rings. The molecule has 0 aliphatic heterocycles. The molecule has 0 aliphatic carbocycles. The third-order valence-corrected chi connectivity index (χ3v) is 3.21. The summed E-state index contributed by atoms with van der Waals surface area (Å²) in [5, 5.41) is 9.42. The summed E-state index contributed by atoms with van der Waals surface area (Å²) in [5.41, 5.74) is 0.766. The van der Waals surface area contributed by atoms with Gasteiger partial charge >= 0.3 is 0 Å². The van der Waals surface area contributed by atoms with E-state index in [4.69, 9.17) is 5.11 Å². The molecule has 2 nitrogen and oxygen atoms in total. The van der Waals surface area contributed by atoms with Gasteiger partial charge in [0.2, 0.25) is 0 Å². The Morgan fingerprint density at radius 3 is 2.57 bits per heavy atom. The predicted octanol–water partition coefficient (Wildman–Crippen LogP) is 3.17. The Balaban J connectivity index is 3.27. The Kier molecular flexibility index (Phi) is 4.40. The lowest BCUT2D eigenvalue weighted by Crippen LogP contribution is -2.01. The molecule has 0 bridgehead atoms. The molecule has 14 heavy (non-hydrogen) atoms. The first-order valence-corrected chi connectivity index (χ1v) is 5.64. The molecule has 0 unspecified atom stereocenters. The van der Waals surface area contributed by atoms with Crippen molar-refractivity contribution in [1.29, 1.82) is 0 Å². The van der Waals surface area contributed by atoms with Crippen LogP contribution in [0.15, 0.2) is 10.7 Å². The highest BCUT2D eigenvalue weighted by Gasteiger charge is 2.17. The molecule has 0 radical (unpaired) electrons. The smallest absolute Gasteiger partial charge is 0.266 e. The number of aliphatic hydroxyl groups excluding tert-OH is 1. The Morgan fingerprint density at radius 2 is 2.14 bits per heavy atom. The van der Waals surface area contributed by atoms with Gasteiger partial charge in [0.05, 0.1) is 17.9 Å². The van der Waals surface area contributed by atoms with Crippen LogP contribution in [0, 0.1) is 0 Å². The highest BCUT2D eigenvalue weighted by atomic mass is 79.9. The molecule has 1 rings (SSSR count). The SMILES string of the molecule is OCc1c(CBr)ncc(C(F)F)c1Br. The fourth-order valence-corrected chi connectivity index (χ4v) is 2.12. The minimum absolute atomic E-state index is 0.196. The Morgan fingerprint density at radius 1 is 1.50 bits per heavy atom. The van der Waals surface area contributed by atoms with Crippen LogP contribution in [0.2, 0.25) is 0 Å². The maximum atomic E-state index is 12.4. The van der Waals surface area contributed by atoms with E-state index >= 15 is 0 Å². The summed E-state index contributed by atoms with van der Waals surface area (Å²) >= 11 is 6.20. The highest BCUT2D eigenvalue weighted by molar-refractivity contribution is 9.10. The second kappa shape index (κ2) is 5.14. The Labute approximate surface area is 96.6 Å². The average molecular weight is 331 g/mol. The lowest BCUT2D eigenvalue weighted by Gasteiger charge is -2.10. The standard InChI is InChI=1S/C8H7Br2F2NO/c9-1-6-5(3-14)7(10)4(2-13-6)8(11)12/h2,8,14H,1,3H2. The average Bonchev–Trinajstić information content (AvgIpc) is 2.16. The van der Waals surface area contributed by atoms with Gasteiger partial charge in [-0.2, -0.15) is 0 Å². The van der Waals surface area contributed by atoms with Gasteiger partial charge in [0.25, 0.3) is 6.43 Å². The number of rotatable bonds is 3. The molecule has 0 spiro atoms. The molecule has 0 aliphatic rings. The van der Waals surface area contributed by atoms with Crippen molar-refractivity contribution in [1.82, 2.24) is 4.98 Å². The summed E-state index contributed by atoms with van der Waals surface area (Å²) in [5.74, 6) is 0. The van der Waals surface area contributed by atoms with Gasteiger partial charge in [0, 0.05) is 21.6 Å². The van der Waals surface area contributed by atoms with Gasteiger partial charge in [0.15, 0.2) is 0 Å². The van der Waals surface area contributed by atoms with E-state index in [1.165, 1.54) is 0 Å². The largest absolute Gasteiger partial charge is 0.392 e. The first-order chi connectivity index (χ1) is 6.61. The summed E-state index contributed by atoms with van der Waals surface area (Å²) in [4.78, 5) is 3.83. The van der Waals surface area contributed by atoms with E-state index in [2.05, 4.69) is 36.8 Å². The number of pyridine rings is 1. The van der Waals surface area contributed by atoms with Gasteiger partial charge in [-0.25, -0.2) is 8.78 Å². The maximum absolute atomic E-state index is 12.4. The van der Waals surface area contributed by atoms with Crippen LogP contribution < -0.4 is 0 Å². The van der Waals surface area contributed by atoms with Crippen molar-refractivity contribution in [2.24, 2.45) is 0 Å². The molecule has 0 amide bonds. The molecule has 0 aromatic carbocycles. The zero-order chi connectivity index (χ0) is 10.7. The first kappa shape index (κ1) is 12.0. The highest BCUT2D eigenvalue weighted by Crippen LogP contribution is 2.31. The molecule has 1 N–H and O–H groups in total. The number of hydrogen-bond donors (Lipinski definition) is 1. The normalized spacial score (nSPS) is 11.0. The second-order valence-electron chi connectivity index (χ2n) is 2.55. The van der Waals surface area contributed by atoms with E-state index in [1.807, 2.05) is 0 Å². The number of alkyl halides is 3. The van der Waals surface area contributed by atoms with E-state index in [0.29, 0.717) is 16.6 Å². The minimum atomic E-state index is -2.59. The van der Waals surface area contributed by atoms with E-state index in [1.54, 1.807) is 0 Å². The molecule has 0 saturated carbocycles. The summed E-state index contributed by atoms with van der Waals surface area (Å²) < 4.78 is 25.1. The number of nitrogens with zero attached hydrogens (tertiary/aromatic N) is 1. The summed E-state index contributed by atoms with van der Waals surface area (Å²) in [6, 6.07) is 0. The zero-order valence-electron chi connectivity index (χ0n) is 6.98. The van der Waals surface area contributed by atoms with Crippen LogP contribution in [-0.2, 0) is 11.9 Å². The van der Waals surface area contributed by atoms with Gasteiger partial charge < -0.3 is 5.11 Å². The summed E-state index contributed by atoms with van der Waals surface area (Å²) in [6.07, 6.45) is -1.48. The summed E-state index contributed by atoms with van der Waals surface area (Å²) in [6.45, 7) is -0.310. The first-order valence-electron chi connectivity index (χ1n) is 3.73. The van der Waals surface area contributed by atoms with Gasteiger partial charge in [0.1, 0.15) is 0 Å². The molecule has 0 atom stereocenters. The van der Waals surface area contributed by atoms with E-state index < -0.39 is 6.43 Å². The molecule has 1 aromatic rings. The van der Waals surface area contributed by atoms with Crippen LogP contribution in [0.25, 0.3) is 0 Å². The molecule has 0 saturated heterocycles. The van der Waals surface area contributed by atoms with E-state index in [-0.39, 0.29) is 16.6 Å². The molecule has 1 heterocycles. The summed E-state index contributed by atoms with van der Waals surface area (Å²) in [7, 11) is 0. The van der Waals surface area contributed by atoms with E-state index in [9.17, 15) is 8.78 Å². The minimum Gasteiger partial charge on any atom is -0.392 e. The number of aromatic nitrogens is 1. The zero-order valence-corrected chi connectivity index (χ0v) is 10.1. The lowest BCUT2D eigenvalue weighted by molar-refractivity contribution is 0.149. The predicted molar refractivity (Wildman–Crippen MR) is 55.4 cm³/mol. The second-order valence-corrected chi connectivity index (χ2v) is 3.90. The van der Waals surface area contributed by atoms with Crippen LogP contribution in [0.3, 0.4) is 0 Å².